The lowest BCUT2D eigenvalue weighted by molar-refractivity contribution is -0.136. The van der Waals surface area contributed by atoms with Crippen molar-refractivity contribution in [2.24, 2.45) is 0 Å². The van der Waals surface area contributed by atoms with Crippen LogP contribution in [0.5, 0.6) is 11.5 Å². The lowest BCUT2D eigenvalue weighted by Crippen LogP contribution is -2.44. The molecule has 4 rings (SSSR count). The summed E-state index contributed by atoms with van der Waals surface area (Å²) in [5.74, 6) is 0.322. The molecule has 2 aliphatic heterocycles. The molecule has 0 radical (unpaired) electrons. The number of hydrogen-bond acceptors (Lipinski definition) is 6. The van der Waals surface area contributed by atoms with Crippen molar-refractivity contribution in [3.8, 4) is 11.5 Å². The number of hydrogen-bond donors (Lipinski definition) is 0. The molecule has 3 amide bonds. The van der Waals surface area contributed by atoms with Crippen molar-refractivity contribution in [2.75, 3.05) is 26.7 Å². The van der Waals surface area contributed by atoms with Gasteiger partial charge in [-0.25, -0.2) is 0 Å². The van der Waals surface area contributed by atoms with E-state index in [-0.39, 0.29) is 17.4 Å². The molecule has 0 spiro atoms. The highest BCUT2D eigenvalue weighted by Crippen LogP contribution is 2.39. The zero-order valence-electron chi connectivity index (χ0n) is 19.1. The average Bonchev–Trinajstić information content (AvgIpc) is 3.11. The smallest absolute Gasteiger partial charge is 0.294 e. The van der Waals surface area contributed by atoms with Crippen LogP contribution in [0.4, 0.5) is 4.79 Å². The molecule has 2 fully saturated rings. The van der Waals surface area contributed by atoms with E-state index in [1.54, 1.807) is 35.2 Å². The third-order valence-electron chi connectivity index (χ3n) is 5.72. The summed E-state index contributed by atoms with van der Waals surface area (Å²) in [7, 11) is 1.53. The summed E-state index contributed by atoms with van der Waals surface area (Å²) < 4.78 is 12.1. The standard InChI is InChI=1S/C25H24BrClN2O5S/c1-33-20-12-17(11-19(26)23(20)34-15-16-5-7-18(27)8-6-16)13-21-24(31)29(25(32)35-21)14-22(30)28-9-3-2-4-10-28/h5-8,11-13H,2-4,9-10,14-15H2,1H3/b21-13+. The van der Waals surface area contributed by atoms with Crippen LogP contribution in [0.15, 0.2) is 45.8 Å². The molecule has 0 saturated carbocycles. The second kappa shape index (κ2) is 11.5. The van der Waals surface area contributed by atoms with Gasteiger partial charge in [0.2, 0.25) is 5.91 Å². The zero-order valence-corrected chi connectivity index (χ0v) is 22.2. The van der Waals surface area contributed by atoms with E-state index in [2.05, 4.69) is 15.9 Å². The summed E-state index contributed by atoms with van der Waals surface area (Å²) in [6, 6.07) is 10.9. The Morgan fingerprint density at radius 3 is 2.54 bits per heavy atom. The molecular formula is C25H24BrClN2O5S. The number of benzene rings is 2. The minimum absolute atomic E-state index is 0.195. The highest BCUT2D eigenvalue weighted by molar-refractivity contribution is 9.10. The predicted octanol–water partition coefficient (Wildman–Crippen LogP) is 5.74. The van der Waals surface area contributed by atoms with Gasteiger partial charge >= 0.3 is 0 Å². The maximum Gasteiger partial charge on any atom is 0.294 e. The van der Waals surface area contributed by atoms with E-state index in [1.165, 1.54) is 7.11 Å². The zero-order chi connectivity index (χ0) is 24.9. The maximum atomic E-state index is 12.9. The third-order valence-corrected chi connectivity index (χ3v) is 7.47. The van der Waals surface area contributed by atoms with Crippen molar-refractivity contribution in [1.29, 1.82) is 0 Å². The van der Waals surface area contributed by atoms with Crippen LogP contribution in [-0.4, -0.2) is 53.6 Å². The van der Waals surface area contributed by atoms with Gasteiger partial charge in [0.25, 0.3) is 11.1 Å². The molecule has 2 aromatic rings. The topological polar surface area (TPSA) is 76.2 Å². The Kier molecular flexibility index (Phi) is 8.41. The molecule has 2 saturated heterocycles. The quantitative estimate of drug-likeness (QED) is 0.390. The van der Waals surface area contributed by atoms with Gasteiger partial charge in [-0.15, -0.1) is 0 Å². The Hall–Kier alpha value is -2.49. The number of nitrogens with zero attached hydrogens (tertiary/aromatic N) is 2. The fourth-order valence-electron chi connectivity index (χ4n) is 3.87. The molecule has 2 aromatic carbocycles. The van der Waals surface area contributed by atoms with Crippen molar-refractivity contribution in [3.05, 3.63) is 61.9 Å². The van der Waals surface area contributed by atoms with E-state index >= 15 is 0 Å². The van der Waals surface area contributed by atoms with Crippen LogP contribution in [0, 0.1) is 0 Å². The van der Waals surface area contributed by atoms with Gasteiger partial charge in [-0.3, -0.25) is 19.3 Å². The molecule has 0 aromatic heterocycles. The number of carbonyl (C=O) groups is 3. The van der Waals surface area contributed by atoms with Crippen LogP contribution in [0.2, 0.25) is 5.02 Å². The minimum Gasteiger partial charge on any atom is -0.493 e. The van der Waals surface area contributed by atoms with Gasteiger partial charge in [0.15, 0.2) is 11.5 Å². The number of carbonyl (C=O) groups excluding carboxylic acids is 3. The predicted molar refractivity (Wildman–Crippen MR) is 140 cm³/mol. The molecule has 7 nitrogen and oxygen atoms in total. The van der Waals surface area contributed by atoms with Crippen molar-refractivity contribution >= 4 is 62.4 Å². The molecule has 0 N–H and O–H groups in total. The summed E-state index contributed by atoms with van der Waals surface area (Å²) >= 11 is 10.3. The number of rotatable bonds is 7. The second-order valence-corrected chi connectivity index (χ2v) is 10.4. The van der Waals surface area contributed by atoms with Crippen molar-refractivity contribution < 1.29 is 23.9 Å². The van der Waals surface area contributed by atoms with Crippen molar-refractivity contribution in [1.82, 2.24) is 9.80 Å². The maximum absolute atomic E-state index is 12.9. The normalized spacial score (nSPS) is 17.3. The molecule has 2 heterocycles. The molecule has 184 valence electrons. The van der Waals surface area contributed by atoms with Gasteiger partial charge in [-0.05, 0) is 88.4 Å². The van der Waals surface area contributed by atoms with Crippen LogP contribution in [0.3, 0.4) is 0 Å². The van der Waals surface area contributed by atoms with Gasteiger partial charge in [-0.1, -0.05) is 23.7 Å². The van der Waals surface area contributed by atoms with E-state index in [0.29, 0.717) is 46.3 Å². The highest BCUT2D eigenvalue weighted by Gasteiger charge is 2.37. The highest BCUT2D eigenvalue weighted by atomic mass is 79.9. The van der Waals surface area contributed by atoms with E-state index < -0.39 is 11.1 Å². The van der Waals surface area contributed by atoms with Crippen molar-refractivity contribution in [3.63, 3.8) is 0 Å². The van der Waals surface area contributed by atoms with Gasteiger partial charge in [0.05, 0.1) is 16.5 Å². The summed E-state index contributed by atoms with van der Waals surface area (Å²) in [6.45, 7) is 1.43. The van der Waals surface area contributed by atoms with E-state index in [4.69, 9.17) is 21.1 Å². The van der Waals surface area contributed by atoms with Crippen LogP contribution in [0.25, 0.3) is 6.08 Å². The van der Waals surface area contributed by atoms with Gasteiger partial charge < -0.3 is 14.4 Å². The number of imide groups is 1. The first kappa shape index (κ1) is 25.6. The number of amides is 3. The van der Waals surface area contributed by atoms with Crippen molar-refractivity contribution in [2.45, 2.75) is 25.9 Å². The molecule has 0 atom stereocenters. The Morgan fingerprint density at radius 1 is 1.14 bits per heavy atom. The number of halogens is 2. The van der Waals surface area contributed by atoms with Crippen LogP contribution in [-0.2, 0) is 16.2 Å². The summed E-state index contributed by atoms with van der Waals surface area (Å²) in [4.78, 5) is 40.9. The molecule has 2 aliphatic rings. The molecule has 0 unspecified atom stereocenters. The summed E-state index contributed by atoms with van der Waals surface area (Å²) in [6.07, 6.45) is 4.61. The van der Waals surface area contributed by atoms with Crippen LogP contribution in [0.1, 0.15) is 30.4 Å². The van der Waals surface area contributed by atoms with Crippen LogP contribution >= 0.6 is 39.3 Å². The number of piperidine rings is 1. The first-order valence-corrected chi connectivity index (χ1v) is 13.1. The Morgan fingerprint density at radius 2 is 1.86 bits per heavy atom. The van der Waals surface area contributed by atoms with Gasteiger partial charge in [0.1, 0.15) is 13.2 Å². The summed E-state index contributed by atoms with van der Waals surface area (Å²) in [5, 5.41) is 0.206. The van der Waals surface area contributed by atoms with E-state index in [0.717, 1.165) is 41.5 Å². The van der Waals surface area contributed by atoms with Gasteiger partial charge in [-0.2, -0.15) is 0 Å². The SMILES string of the molecule is COc1cc(/C=C2/SC(=O)N(CC(=O)N3CCCCC3)C2=O)cc(Br)c1OCc1ccc(Cl)cc1. The van der Waals surface area contributed by atoms with Crippen LogP contribution < -0.4 is 9.47 Å². The lowest BCUT2D eigenvalue weighted by Gasteiger charge is -2.27. The molecule has 0 aliphatic carbocycles. The lowest BCUT2D eigenvalue weighted by atomic mass is 10.1. The Bertz CT molecular complexity index is 1170. The first-order valence-electron chi connectivity index (χ1n) is 11.1. The number of thioether (sulfide) groups is 1. The largest absolute Gasteiger partial charge is 0.493 e. The Balaban J connectivity index is 1.47. The fraction of sp³-hybridized carbons (Fsp3) is 0.320. The molecule has 0 bridgehead atoms. The number of methoxy groups -OCH3 is 1. The Labute approximate surface area is 221 Å². The first-order chi connectivity index (χ1) is 16.9. The number of ether oxygens (including phenoxy) is 2. The van der Waals surface area contributed by atoms with E-state index in [9.17, 15) is 14.4 Å². The molecule has 35 heavy (non-hydrogen) atoms. The second-order valence-electron chi connectivity index (χ2n) is 8.16. The fourth-order valence-corrected chi connectivity index (χ4v) is 5.40. The monoisotopic (exact) mass is 578 g/mol. The minimum atomic E-state index is -0.469. The van der Waals surface area contributed by atoms with Gasteiger partial charge in [0, 0.05) is 18.1 Å². The summed E-state index contributed by atoms with van der Waals surface area (Å²) in [5.41, 5.74) is 1.60. The molecule has 10 heteroatoms. The third kappa shape index (κ3) is 6.20. The number of likely N-dealkylation sites (tertiary alicyclic amines) is 1. The van der Waals surface area contributed by atoms with E-state index in [1.807, 2.05) is 12.1 Å². The molecular weight excluding hydrogens is 556 g/mol. The average molecular weight is 580 g/mol.